The Kier molecular flexibility index (Phi) is 5.72. The van der Waals surface area contributed by atoms with Gasteiger partial charge in [-0.25, -0.2) is 12.8 Å². The van der Waals surface area contributed by atoms with E-state index in [-0.39, 0.29) is 35.4 Å². The molecular formula is C21H23FN4O3S. The molecule has 2 heterocycles. The second-order valence-corrected chi connectivity index (χ2v) is 9.11. The largest absolute Gasteiger partial charge is 0.371 e. The molecule has 0 spiro atoms. The van der Waals surface area contributed by atoms with Crippen molar-refractivity contribution in [3.05, 3.63) is 59.9 Å². The van der Waals surface area contributed by atoms with Crippen LogP contribution in [0.2, 0.25) is 0 Å². The summed E-state index contributed by atoms with van der Waals surface area (Å²) in [6.45, 7) is 2.46. The fraction of sp³-hybridized carbons (Fsp3) is 0.333. The summed E-state index contributed by atoms with van der Waals surface area (Å²) in [5.74, 6) is 0.246. The van der Waals surface area contributed by atoms with Gasteiger partial charge in [0.2, 0.25) is 5.91 Å². The van der Waals surface area contributed by atoms with E-state index >= 15 is 0 Å². The van der Waals surface area contributed by atoms with Crippen LogP contribution in [0.25, 0.3) is 0 Å². The lowest BCUT2D eigenvalue weighted by atomic mass is 10.1. The van der Waals surface area contributed by atoms with Gasteiger partial charge in [0.25, 0.3) is 10.0 Å². The average Bonchev–Trinajstić information content (AvgIpc) is 3.30. The summed E-state index contributed by atoms with van der Waals surface area (Å²) in [4.78, 5) is 18.8. The molecule has 1 saturated heterocycles. The number of hydrogen-bond acceptors (Lipinski definition) is 5. The summed E-state index contributed by atoms with van der Waals surface area (Å²) in [5, 5.41) is 2.93. The van der Waals surface area contributed by atoms with Crippen LogP contribution in [0, 0.1) is 11.7 Å². The smallest absolute Gasteiger partial charge is 0.263 e. The number of hydrogen-bond donors (Lipinski definition) is 2. The Bertz CT molecular complexity index is 1070. The highest BCUT2D eigenvalue weighted by Gasteiger charge is 2.30. The number of amidine groups is 1. The van der Waals surface area contributed by atoms with E-state index in [2.05, 4.69) is 19.9 Å². The number of halogens is 1. The third-order valence-corrected chi connectivity index (χ3v) is 6.73. The fourth-order valence-electron chi connectivity index (χ4n) is 3.75. The van der Waals surface area contributed by atoms with Crippen molar-refractivity contribution in [1.29, 1.82) is 0 Å². The molecule has 0 aliphatic carbocycles. The topological polar surface area (TPSA) is 90.9 Å². The van der Waals surface area contributed by atoms with Gasteiger partial charge in [0, 0.05) is 37.3 Å². The van der Waals surface area contributed by atoms with Crippen LogP contribution in [0.3, 0.4) is 0 Å². The van der Waals surface area contributed by atoms with E-state index in [0.29, 0.717) is 18.0 Å². The molecule has 2 aliphatic heterocycles. The molecule has 30 heavy (non-hydrogen) atoms. The van der Waals surface area contributed by atoms with Gasteiger partial charge < -0.3 is 10.2 Å². The first kappa shape index (κ1) is 20.3. The maximum atomic E-state index is 13.1. The average molecular weight is 431 g/mol. The van der Waals surface area contributed by atoms with Crippen molar-refractivity contribution in [2.24, 2.45) is 10.9 Å². The Morgan fingerprint density at radius 1 is 1.20 bits per heavy atom. The van der Waals surface area contributed by atoms with Crippen LogP contribution in [-0.4, -0.2) is 46.3 Å². The molecule has 0 aromatic heterocycles. The second kappa shape index (κ2) is 8.43. The third kappa shape index (κ3) is 4.46. The summed E-state index contributed by atoms with van der Waals surface area (Å²) in [6.07, 6.45) is 1.14. The maximum absolute atomic E-state index is 13.1. The van der Waals surface area contributed by atoms with Gasteiger partial charge in [0.1, 0.15) is 11.7 Å². The molecule has 1 atom stereocenters. The van der Waals surface area contributed by atoms with Crippen LogP contribution in [0.4, 0.5) is 10.1 Å². The van der Waals surface area contributed by atoms with Gasteiger partial charge in [0.05, 0.1) is 11.4 Å². The molecule has 0 bridgehead atoms. The highest BCUT2D eigenvalue weighted by atomic mass is 32.2. The molecular weight excluding hydrogens is 407 g/mol. The van der Waals surface area contributed by atoms with Crippen molar-refractivity contribution in [2.45, 2.75) is 17.7 Å². The van der Waals surface area contributed by atoms with Crippen LogP contribution >= 0.6 is 0 Å². The molecule has 9 heteroatoms. The number of aliphatic imine (C=N–C) groups is 1. The zero-order valence-corrected chi connectivity index (χ0v) is 17.2. The lowest BCUT2D eigenvalue weighted by molar-refractivity contribution is -0.121. The number of anilines is 1. The van der Waals surface area contributed by atoms with E-state index in [9.17, 15) is 17.6 Å². The van der Waals surface area contributed by atoms with Crippen LogP contribution in [0.5, 0.6) is 0 Å². The van der Waals surface area contributed by atoms with Crippen LogP contribution in [0.1, 0.15) is 18.4 Å². The SMILES string of the molecule is O=C(CCN=C1NS(=O)(=O)c2ccccc21)NCC1CCN(c2ccc(F)cc2)C1. The van der Waals surface area contributed by atoms with Gasteiger partial charge in [-0.1, -0.05) is 12.1 Å². The fourth-order valence-corrected chi connectivity index (χ4v) is 5.00. The van der Waals surface area contributed by atoms with E-state index in [0.717, 1.165) is 25.2 Å². The van der Waals surface area contributed by atoms with E-state index in [4.69, 9.17) is 0 Å². The van der Waals surface area contributed by atoms with E-state index in [1.165, 1.54) is 18.2 Å². The van der Waals surface area contributed by atoms with Crippen LogP contribution in [-0.2, 0) is 14.8 Å². The molecule has 2 aromatic carbocycles. The van der Waals surface area contributed by atoms with Crippen LogP contribution in [0.15, 0.2) is 58.4 Å². The van der Waals surface area contributed by atoms with Crippen molar-refractivity contribution in [2.75, 3.05) is 31.1 Å². The first-order valence-corrected chi connectivity index (χ1v) is 11.3. The molecule has 1 fully saturated rings. The molecule has 0 radical (unpaired) electrons. The van der Waals surface area contributed by atoms with Crippen molar-refractivity contribution in [3.8, 4) is 0 Å². The lowest BCUT2D eigenvalue weighted by Crippen LogP contribution is -2.31. The Morgan fingerprint density at radius 2 is 1.97 bits per heavy atom. The van der Waals surface area contributed by atoms with Gasteiger partial charge >= 0.3 is 0 Å². The van der Waals surface area contributed by atoms with Crippen molar-refractivity contribution >= 4 is 27.5 Å². The first-order valence-electron chi connectivity index (χ1n) is 9.86. The molecule has 1 unspecified atom stereocenters. The number of nitrogens with zero attached hydrogens (tertiary/aromatic N) is 2. The van der Waals surface area contributed by atoms with E-state index in [1.54, 1.807) is 30.3 Å². The molecule has 2 aromatic rings. The number of carbonyl (C=O) groups is 1. The summed E-state index contributed by atoms with van der Waals surface area (Å²) in [5.41, 5.74) is 1.52. The Morgan fingerprint density at radius 3 is 2.77 bits per heavy atom. The van der Waals surface area contributed by atoms with E-state index in [1.807, 2.05) is 0 Å². The minimum absolute atomic E-state index is 0.117. The number of nitrogens with one attached hydrogen (secondary N) is 2. The van der Waals surface area contributed by atoms with Crippen molar-refractivity contribution in [3.63, 3.8) is 0 Å². The molecule has 0 saturated carbocycles. The normalized spacial score (nSPS) is 20.8. The molecule has 7 nitrogen and oxygen atoms in total. The summed E-state index contributed by atoms with van der Waals surface area (Å²) in [6, 6.07) is 13.1. The minimum atomic E-state index is -3.56. The molecule has 4 rings (SSSR count). The second-order valence-electron chi connectivity index (χ2n) is 7.46. The number of fused-ring (bicyclic) bond motifs is 1. The quantitative estimate of drug-likeness (QED) is 0.732. The van der Waals surface area contributed by atoms with Crippen molar-refractivity contribution in [1.82, 2.24) is 10.0 Å². The Balaban J connectivity index is 1.24. The van der Waals surface area contributed by atoms with Gasteiger partial charge in [-0.15, -0.1) is 0 Å². The van der Waals surface area contributed by atoms with Crippen molar-refractivity contribution < 1.29 is 17.6 Å². The molecule has 2 N–H and O–H groups in total. The molecule has 2 aliphatic rings. The summed E-state index contributed by atoms with van der Waals surface area (Å²) >= 11 is 0. The predicted molar refractivity (Wildman–Crippen MR) is 113 cm³/mol. The van der Waals surface area contributed by atoms with E-state index < -0.39 is 10.0 Å². The predicted octanol–water partition coefficient (Wildman–Crippen LogP) is 1.90. The zero-order valence-electron chi connectivity index (χ0n) is 16.3. The highest BCUT2D eigenvalue weighted by Crippen LogP contribution is 2.24. The maximum Gasteiger partial charge on any atom is 0.263 e. The number of benzene rings is 2. The molecule has 158 valence electrons. The lowest BCUT2D eigenvalue weighted by Gasteiger charge is -2.18. The minimum Gasteiger partial charge on any atom is -0.371 e. The van der Waals surface area contributed by atoms with Gasteiger partial charge in [-0.2, -0.15) is 0 Å². The Labute approximate surface area is 175 Å². The third-order valence-electron chi connectivity index (χ3n) is 5.34. The first-order chi connectivity index (χ1) is 14.4. The number of amides is 1. The number of rotatable bonds is 6. The standard InChI is InChI=1S/C21H23FN4O3S/c22-16-5-7-17(8-6-16)26-12-10-15(14-26)13-24-20(27)9-11-23-21-18-3-1-2-4-19(18)30(28,29)25-21/h1-8,15H,9-14H2,(H,23,25)(H,24,27). The Hall–Kier alpha value is -2.94. The zero-order chi connectivity index (χ0) is 21.1. The monoisotopic (exact) mass is 430 g/mol. The van der Waals surface area contributed by atoms with Gasteiger partial charge in [-0.05, 0) is 48.7 Å². The summed E-state index contributed by atoms with van der Waals surface area (Å²) < 4.78 is 39.6. The number of sulfonamides is 1. The van der Waals surface area contributed by atoms with Crippen LogP contribution < -0.4 is 14.9 Å². The highest BCUT2D eigenvalue weighted by molar-refractivity contribution is 7.90. The summed E-state index contributed by atoms with van der Waals surface area (Å²) in [7, 11) is -3.56. The van der Waals surface area contributed by atoms with Gasteiger partial charge in [0.15, 0.2) is 0 Å². The molecule has 1 amide bonds. The van der Waals surface area contributed by atoms with Gasteiger partial charge in [-0.3, -0.25) is 14.5 Å². The number of carbonyl (C=O) groups excluding carboxylic acids is 1.